The Hall–Kier alpha value is -2.10. The number of carbonyl (C=O) groups is 1. The van der Waals surface area contributed by atoms with Gasteiger partial charge in [0.2, 0.25) is 15.9 Å². The van der Waals surface area contributed by atoms with Crippen molar-refractivity contribution < 1.29 is 22.7 Å². The van der Waals surface area contributed by atoms with Crippen LogP contribution >= 0.6 is 15.9 Å². The van der Waals surface area contributed by atoms with Crippen molar-refractivity contribution in [2.75, 3.05) is 27.3 Å². The molecule has 1 unspecified atom stereocenters. The Labute approximate surface area is 185 Å². The van der Waals surface area contributed by atoms with Crippen molar-refractivity contribution >= 4 is 31.9 Å². The highest BCUT2D eigenvalue weighted by Crippen LogP contribution is 2.38. The number of rotatable bonds is 8. The Morgan fingerprint density at radius 2 is 2.00 bits per heavy atom. The van der Waals surface area contributed by atoms with Crippen LogP contribution in [0.4, 0.5) is 0 Å². The Balaban J connectivity index is 1.65. The minimum absolute atomic E-state index is 0.0383. The van der Waals surface area contributed by atoms with E-state index in [-0.39, 0.29) is 29.8 Å². The maximum absolute atomic E-state index is 12.8. The number of hydrogen-bond acceptors (Lipinski definition) is 5. The minimum atomic E-state index is -3.67. The van der Waals surface area contributed by atoms with E-state index in [1.54, 1.807) is 31.3 Å². The lowest BCUT2D eigenvalue weighted by Gasteiger charge is -2.26. The average Bonchev–Trinajstić information content (AvgIpc) is 3.22. The maximum atomic E-state index is 12.8. The highest BCUT2D eigenvalue weighted by atomic mass is 79.9. The lowest BCUT2D eigenvalue weighted by molar-refractivity contribution is -0.132. The zero-order chi connectivity index (χ0) is 21.7. The Bertz CT molecular complexity index is 1010. The van der Waals surface area contributed by atoms with E-state index in [2.05, 4.69) is 20.7 Å². The van der Waals surface area contributed by atoms with Gasteiger partial charge in [0.1, 0.15) is 11.5 Å². The molecule has 9 heteroatoms. The van der Waals surface area contributed by atoms with Gasteiger partial charge in [-0.2, -0.15) is 0 Å². The lowest BCUT2D eigenvalue weighted by Crippen LogP contribution is -2.34. The molecule has 0 bridgehead atoms. The van der Waals surface area contributed by atoms with Crippen LogP contribution in [0.15, 0.2) is 51.8 Å². The van der Waals surface area contributed by atoms with E-state index in [1.807, 2.05) is 18.2 Å². The molecule has 1 aliphatic rings. The van der Waals surface area contributed by atoms with Crippen molar-refractivity contribution in [1.29, 1.82) is 0 Å². The van der Waals surface area contributed by atoms with Gasteiger partial charge in [-0.25, -0.2) is 13.1 Å². The molecule has 0 saturated carbocycles. The third-order valence-corrected chi connectivity index (χ3v) is 7.06. The highest BCUT2D eigenvalue weighted by molar-refractivity contribution is 9.10. The third-order valence-electron chi connectivity index (χ3n) is 5.11. The fraction of sp³-hybridized carbons (Fsp3) is 0.381. The van der Waals surface area contributed by atoms with Gasteiger partial charge >= 0.3 is 0 Å². The molecule has 2 aromatic carbocycles. The number of amides is 1. The normalized spacial score (nSPS) is 16.5. The van der Waals surface area contributed by atoms with Crippen LogP contribution in [0.25, 0.3) is 0 Å². The standard InChI is InChI=1S/C21H25BrN2O5S/c1-28-16-8-9-18(20(14-16)29-2)19-7-4-12-24(19)21(25)10-11-23-30(26,27)17-6-3-5-15(22)13-17/h3,5-6,8-9,13-14,19,23H,4,7,10-12H2,1-2H3. The molecule has 1 N–H and O–H groups in total. The summed E-state index contributed by atoms with van der Waals surface area (Å²) in [5, 5.41) is 0. The molecule has 1 amide bonds. The van der Waals surface area contributed by atoms with E-state index >= 15 is 0 Å². The fourth-order valence-electron chi connectivity index (χ4n) is 3.64. The smallest absolute Gasteiger partial charge is 0.240 e. The van der Waals surface area contributed by atoms with Gasteiger partial charge in [-0.1, -0.05) is 22.0 Å². The fourth-order valence-corrected chi connectivity index (χ4v) is 5.26. The van der Waals surface area contributed by atoms with Crippen molar-refractivity contribution in [2.24, 2.45) is 0 Å². The monoisotopic (exact) mass is 496 g/mol. The summed E-state index contributed by atoms with van der Waals surface area (Å²) in [6, 6.07) is 11.9. The van der Waals surface area contributed by atoms with Crippen LogP contribution in [0.1, 0.15) is 30.9 Å². The molecule has 30 heavy (non-hydrogen) atoms. The van der Waals surface area contributed by atoms with Crippen molar-refractivity contribution in [3.05, 3.63) is 52.5 Å². The number of halogens is 1. The molecular formula is C21H25BrN2O5S. The predicted octanol–water partition coefficient (Wildman–Crippen LogP) is 3.50. The third kappa shape index (κ3) is 5.14. The quantitative estimate of drug-likeness (QED) is 0.604. The largest absolute Gasteiger partial charge is 0.497 e. The van der Waals surface area contributed by atoms with Gasteiger partial charge in [-0.15, -0.1) is 0 Å². The summed E-state index contributed by atoms with van der Waals surface area (Å²) in [7, 11) is -0.485. The van der Waals surface area contributed by atoms with Crippen LogP contribution < -0.4 is 14.2 Å². The molecule has 0 radical (unpaired) electrons. The van der Waals surface area contributed by atoms with Crippen LogP contribution in [-0.2, 0) is 14.8 Å². The van der Waals surface area contributed by atoms with Gasteiger partial charge in [-0.3, -0.25) is 4.79 Å². The van der Waals surface area contributed by atoms with E-state index < -0.39 is 10.0 Å². The van der Waals surface area contributed by atoms with E-state index in [0.29, 0.717) is 22.5 Å². The summed E-state index contributed by atoms with van der Waals surface area (Å²) in [5.41, 5.74) is 0.930. The molecule has 2 aromatic rings. The lowest BCUT2D eigenvalue weighted by atomic mass is 10.0. The van der Waals surface area contributed by atoms with Crippen molar-refractivity contribution in [3.63, 3.8) is 0 Å². The van der Waals surface area contributed by atoms with Crippen LogP contribution in [-0.4, -0.2) is 46.5 Å². The van der Waals surface area contributed by atoms with Crippen LogP contribution in [0.5, 0.6) is 11.5 Å². The number of nitrogens with one attached hydrogen (secondary N) is 1. The molecule has 1 atom stereocenters. The Morgan fingerprint density at radius 3 is 2.70 bits per heavy atom. The molecule has 7 nitrogen and oxygen atoms in total. The van der Waals surface area contributed by atoms with Crippen molar-refractivity contribution in [2.45, 2.75) is 30.2 Å². The first kappa shape index (κ1) is 22.6. The number of ether oxygens (including phenoxy) is 2. The van der Waals surface area contributed by atoms with Crippen molar-refractivity contribution in [3.8, 4) is 11.5 Å². The van der Waals surface area contributed by atoms with Gasteiger partial charge in [0.15, 0.2) is 0 Å². The molecule has 1 aliphatic heterocycles. The number of benzene rings is 2. The number of nitrogens with zero attached hydrogens (tertiary/aromatic N) is 1. The van der Waals surface area contributed by atoms with Gasteiger partial charge in [-0.05, 0) is 43.2 Å². The zero-order valence-corrected chi connectivity index (χ0v) is 19.3. The maximum Gasteiger partial charge on any atom is 0.240 e. The summed E-state index contributed by atoms with van der Waals surface area (Å²) in [4.78, 5) is 14.8. The first-order chi connectivity index (χ1) is 14.4. The van der Waals surface area contributed by atoms with Crippen LogP contribution in [0.3, 0.4) is 0 Å². The number of methoxy groups -OCH3 is 2. The highest BCUT2D eigenvalue weighted by Gasteiger charge is 2.31. The first-order valence-corrected chi connectivity index (χ1v) is 11.9. The number of likely N-dealkylation sites (tertiary alicyclic amines) is 1. The Kier molecular flexibility index (Phi) is 7.38. The van der Waals surface area contributed by atoms with E-state index in [4.69, 9.17) is 9.47 Å². The first-order valence-electron chi connectivity index (χ1n) is 9.62. The summed E-state index contributed by atoms with van der Waals surface area (Å²) in [6.45, 7) is 0.674. The number of carbonyl (C=O) groups excluding carboxylic acids is 1. The number of hydrogen-bond donors (Lipinski definition) is 1. The Morgan fingerprint density at radius 1 is 1.20 bits per heavy atom. The second-order valence-corrected chi connectivity index (χ2v) is 9.64. The van der Waals surface area contributed by atoms with E-state index in [9.17, 15) is 13.2 Å². The summed E-state index contributed by atoms with van der Waals surface area (Å²) < 4.78 is 38.8. The zero-order valence-electron chi connectivity index (χ0n) is 16.9. The summed E-state index contributed by atoms with van der Waals surface area (Å²) in [6.07, 6.45) is 1.80. The second-order valence-electron chi connectivity index (χ2n) is 6.96. The summed E-state index contributed by atoms with van der Waals surface area (Å²) in [5.74, 6) is 1.27. The van der Waals surface area contributed by atoms with Gasteiger partial charge in [0.25, 0.3) is 0 Å². The predicted molar refractivity (Wildman–Crippen MR) is 117 cm³/mol. The van der Waals surface area contributed by atoms with Crippen LogP contribution in [0.2, 0.25) is 0 Å². The molecule has 0 aromatic heterocycles. The van der Waals surface area contributed by atoms with Gasteiger partial charge in [0, 0.05) is 35.6 Å². The SMILES string of the molecule is COc1ccc(C2CCCN2C(=O)CCNS(=O)(=O)c2cccc(Br)c2)c(OC)c1. The molecule has 1 saturated heterocycles. The topological polar surface area (TPSA) is 84.9 Å². The van der Waals surface area contributed by atoms with Crippen LogP contribution in [0, 0.1) is 0 Å². The van der Waals surface area contributed by atoms with Crippen molar-refractivity contribution in [1.82, 2.24) is 9.62 Å². The molecule has 0 aliphatic carbocycles. The molecular weight excluding hydrogens is 472 g/mol. The molecule has 162 valence electrons. The minimum Gasteiger partial charge on any atom is -0.497 e. The second kappa shape index (κ2) is 9.80. The molecule has 3 rings (SSSR count). The van der Waals surface area contributed by atoms with Gasteiger partial charge in [0.05, 0.1) is 25.2 Å². The molecule has 1 heterocycles. The van der Waals surface area contributed by atoms with E-state index in [0.717, 1.165) is 18.4 Å². The average molecular weight is 497 g/mol. The molecule has 1 fully saturated rings. The number of sulfonamides is 1. The van der Waals surface area contributed by atoms with Gasteiger partial charge < -0.3 is 14.4 Å². The van der Waals surface area contributed by atoms with E-state index in [1.165, 1.54) is 12.1 Å². The molecule has 0 spiro atoms. The summed E-state index contributed by atoms with van der Waals surface area (Å²) >= 11 is 3.27.